The number of aliphatic hydroxyl groups is 5. The first-order valence-electron chi connectivity index (χ1n) is 22.0. The maximum atomic E-state index is 13.9. The van der Waals surface area contributed by atoms with Gasteiger partial charge in [0.1, 0.15) is 37.1 Å². The van der Waals surface area contributed by atoms with Crippen molar-refractivity contribution in [3.05, 3.63) is 67.2 Å². The van der Waals surface area contributed by atoms with Gasteiger partial charge < -0.3 is 48.9 Å². The van der Waals surface area contributed by atoms with Crippen molar-refractivity contribution in [2.24, 2.45) is 5.92 Å². The summed E-state index contributed by atoms with van der Waals surface area (Å²) in [5.74, 6) is -2.13. The molecule has 4 aromatic heterocycles. The minimum absolute atomic E-state index is 0. The molecule has 6 atom stereocenters. The molecule has 2 aromatic carbocycles. The predicted molar refractivity (Wildman–Crippen MR) is 251 cm³/mol. The van der Waals surface area contributed by atoms with Crippen molar-refractivity contribution >= 4 is 40.0 Å². The molecule has 0 spiro atoms. The Hall–Kier alpha value is -6.93. The SMILES string of the molecule is C.CCCn1nnnc1-c1nc2cc(C)c(C)cc2n(C[C@H](OC(C)=O)[C@H](C)[C@@H](COC(C)=O)OC(C)=O)c1=O.Cc1cc2nc(-c3nnnn3CCO)c(=O)n(C[C@H](O)[C@H](O)[C@H](O)CO)c2cc1C. The van der Waals surface area contributed by atoms with Crippen LogP contribution < -0.4 is 11.1 Å². The van der Waals surface area contributed by atoms with E-state index in [0.717, 1.165) is 28.7 Å². The van der Waals surface area contributed by atoms with E-state index in [4.69, 9.17) is 19.3 Å². The highest BCUT2D eigenvalue weighted by molar-refractivity contribution is 5.80. The van der Waals surface area contributed by atoms with Gasteiger partial charge in [-0.1, -0.05) is 21.3 Å². The third-order valence-electron chi connectivity index (χ3n) is 11.3. The summed E-state index contributed by atoms with van der Waals surface area (Å²) in [4.78, 5) is 71.6. The zero-order valence-corrected chi connectivity index (χ0v) is 39.8. The van der Waals surface area contributed by atoms with Gasteiger partial charge in [-0.2, -0.15) is 0 Å². The summed E-state index contributed by atoms with van der Waals surface area (Å²) in [6.45, 7) is 13.8. The quantitative estimate of drug-likeness (QED) is 0.0545. The average molecular weight is 979 g/mol. The Morgan fingerprint density at radius 3 is 1.56 bits per heavy atom. The van der Waals surface area contributed by atoms with Crippen LogP contribution in [-0.4, -0.2) is 153 Å². The summed E-state index contributed by atoms with van der Waals surface area (Å²) in [5, 5.41) is 71.1. The number of tetrazole rings is 2. The standard InChI is InChI=1S/C26H34N6O7.C18H24N6O6.CH4/c1-8-9-32-25(28-29-30-32)24-26(36)31(21-11-15(3)14(2)10-20(21)27-24)12-22(38-18(6)34)16(4)23(39-19(7)35)13-37-17(5)33;1-9-5-11-12(6-10(9)2)23(7-13(27)16(29)14(28)8-26)18(30)15(19-11)17-20-21-22-24(17)3-4-25;/h10-11,16,22-23H,8-9,12-13H2,1-7H3;5-6,13-14,16,25-29H,3-4,7-8H2,1-2H3;1H4/t16-,22-,23+;13-,14+,16-;/m00./s1. The molecule has 0 amide bonds. The van der Waals surface area contributed by atoms with Gasteiger partial charge in [0.05, 0.1) is 54.9 Å². The highest BCUT2D eigenvalue weighted by Gasteiger charge is 2.33. The van der Waals surface area contributed by atoms with Crippen LogP contribution in [0, 0.1) is 33.6 Å². The molecule has 0 aliphatic carbocycles. The average Bonchev–Trinajstić information content (AvgIpc) is 3.97. The van der Waals surface area contributed by atoms with E-state index in [9.17, 15) is 44.4 Å². The van der Waals surface area contributed by atoms with Crippen molar-refractivity contribution in [3.8, 4) is 23.0 Å². The molecule has 25 heteroatoms. The molecule has 0 radical (unpaired) electrons. The molecule has 5 N–H and O–H groups in total. The summed E-state index contributed by atoms with van der Waals surface area (Å²) < 4.78 is 21.6. The summed E-state index contributed by atoms with van der Waals surface area (Å²) in [6, 6.07) is 7.22. The van der Waals surface area contributed by atoms with Gasteiger partial charge in [-0.15, -0.1) is 10.2 Å². The van der Waals surface area contributed by atoms with E-state index in [-0.39, 0.29) is 63.3 Å². The maximum absolute atomic E-state index is 13.9. The highest BCUT2D eigenvalue weighted by Crippen LogP contribution is 2.25. The minimum Gasteiger partial charge on any atom is -0.462 e. The van der Waals surface area contributed by atoms with E-state index in [2.05, 4.69) is 41.0 Å². The van der Waals surface area contributed by atoms with E-state index in [1.165, 1.54) is 39.3 Å². The van der Waals surface area contributed by atoms with Crippen molar-refractivity contribution in [1.29, 1.82) is 0 Å². The van der Waals surface area contributed by atoms with Gasteiger partial charge in [0.25, 0.3) is 11.1 Å². The summed E-state index contributed by atoms with van der Waals surface area (Å²) in [6.07, 6.45) is -5.90. The molecule has 6 aromatic rings. The maximum Gasteiger partial charge on any atom is 0.303 e. The first-order valence-corrected chi connectivity index (χ1v) is 22.0. The number of carbonyl (C=O) groups excluding carboxylic acids is 3. The lowest BCUT2D eigenvalue weighted by Crippen LogP contribution is -2.43. The summed E-state index contributed by atoms with van der Waals surface area (Å²) in [5.41, 5.74) is 4.50. The molecule has 0 bridgehead atoms. The van der Waals surface area contributed by atoms with Crippen molar-refractivity contribution in [1.82, 2.24) is 59.5 Å². The molecule has 0 aliphatic rings. The zero-order valence-electron chi connectivity index (χ0n) is 39.8. The van der Waals surface area contributed by atoms with Gasteiger partial charge in [-0.05, 0) is 101 Å². The smallest absolute Gasteiger partial charge is 0.303 e. The van der Waals surface area contributed by atoms with Crippen LogP contribution in [-0.2, 0) is 54.8 Å². The van der Waals surface area contributed by atoms with E-state index >= 15 is 0 Å². The molecule has 6 rings (SSSR count). The van der Waals surface area contributed by atoms with E-state index in [1.807, 2.05) is 46.8 Å². The number of esters is 3. The minimum atomic E-state index is -1.67. The van der Waals surface area contributed by atoms with Gasteiger partial charge in [0.15, 0.2) is 11.4 Å². The highest BCUT2D eigenvalue weighted by atomic mass is 16.6. The van der Waals surface area contributed by atoms with Crippen LogP contribution >= 0.6 is 0 Å². The number of aromatic nitrogens is 12. The Morgan fingerprint density at radius 1 is 0.657 bits per heavy atom. The Kier molecular flexibility index (Phi) is 19.5. The predicted octanol–water partition coefficient (Wildman–Crippen LogP) is 0.510. The number of rotatable bonds is 19. The van der Waals surface area contributed by atoms with Gasteiger partial charge in [-0.3, -0.25) is 24.0 Å². The molecule has 0 saturated heterocycles. The van der Waals surface area contributed by atoms with Crippen LogP contribution in [0.5, 0.6) is 0 Å². The van der Waals surface area contributed by atoms with Crippen LogP contribution in [0.1, 0.15) is 70.7 Å². The first kappa shape index (κ1) is 55.7. The summed E-state index contributed by atoms with van der Waals surface area (Å²) in [7, 11) is 0. The van der Waals surface area contributed by atoms with Crippen LogP contribution in [0.15, 0.2) is 33.9 Å². The molecular formula is C45H62N12O13. The molecule has 4 heterocycles. The van der Waals surface area contributed by atoms with Crippen LogP contribution in [0.25, 0.3) is 45.1 Å². The second-order valence-corrected chi connectivity index (χ2v) is 16.5. The Bertz CT molecular complexity index is 2910. The second-order valence-electron chi connectivity index (χ2n) is 16.5. The van der Waals surface area contributed by atoms with Crippen molar-refractivity contribution in [3.63, 3.8) is 0 Å². The third-order valence-corrected chi connectivity index (χ3v) is 11.3. The first-order chi connectivity index (χ1) is 32.7. The van der Waals surface area contributed by atoms with Crippen molar-refractivity contribution in [2.45, 2.75) is 133 Å². The number of carbonyl (C=O) groups is 3. The number of hydrogen-bond donors (Lipinski definition) is 5. The molecule has 0 fully saturated rings. The van der Waals surface area contributed by atoms with Crippen LogP contribution in [0.3, 0.4) is 0 Å². The second kappa shape index (κ2) is 24.6. The third kappa shape index (κ3) is 13.0. The van der Waals surface area contributed by atoms with Crippen LogP contribution in [0.2, 0.25) is 0 Å². The largest absolute Gasteiger partial charge is 0.462 e. The molecular weight excluding hydrogens is 917 g/mol. The fourth-order valence-electron chi connectivity index (χ4n) is 7.31. The monoisotopic (exact) mass is 978 g/mol. The zero-order chi connectivity index (χ0) is 50.9. The van der Waals surface area contributed by atoms with Gasteiger partial charge in [0, 0.05) is 33.2 Å². The fraction of sp³-hybridized carbons (Fsp3) is 0.533. The van der Waals surface area contributed by atoms with Crippen molar-refractivity contribution in [2.75, 3.05) is 19.8 Å². The lowest BCUT2D eigenvalue weighted by molar-refractivity contribution is -0.167. The Morgan fingerprint density at radius 2 is 1.11 bits per heavy atom. The number of nitrogens with zero attached hydrogens (tertiary/aromatic N) is 12. The molecule has 380 valence electrons. The number of aliphatic hydroxyl groups excluding tert-OH is 5. The molecule has 25 nitrogen and oxygen atoms in total. The van der Waals surface area contributed by atoms with Gasteiger partial charge in [-0.25, -0.2) is 19.3 Å². The van der Waals surface area contributed by atoms with E-state index in [1.54, 1.807) is 19.1 Å². The Balaban J connectivity index is 0.000000310. The number of hydrogen-bond acceptors (Lipinski definition) is 21. The topological polar surface area (TPSA) is 337 Å². The van der Waals surface area contributed by atoms with E-state index in [0.29, 0.717) is 28.6 Å². The fourth-order valence-corrected chi connectivity index (χ4v) is 7.31. The molecule has 70 heavy (non-hydrogen) atoms. The number of aryl methyl sites for hydroxylation is 5. The lowest BCUT2D eigenvalue weighted by atomic mass is 9.97. The van der Waals surface area contributed by atoms with E-state index < -0.39 is 72.1 Å². The lowest BCUT2D eigenvalue weighted by Gasteiger charge is -2.30. The number of benzene rings is 2. The summed E-state index contributed by atoms with van der Waals surface area (Å²) >= 11 is 0. The van der Waals surface area contributed by atoms with Gasteiger partial charge in [0.2, 0.25) is 11.6 Å². The number of ether oxygens (including phenoxy) is 3. The van der Waals surface area contributed by atoms with Crippen LogP contribution in [0.4, 0.5) is 0 Å². The van der Waals surface area contributed by atoms with Gasteiger partial charge >= 0.3 is 17.9 Å². The Labute approximate surface area is 401 Å². The molecule has 0 unspecified atom stereocenters. The van der Waals surface area contributed by atoms with Crippen molar-refractivity contribution < 1.29 is 54.1 Å². The number of fused-ring (bicyclic) bond motifs is 2. The molecule has 0 saturated carbocycles. The molecule has 0 aliphatic heterocycles. The normalized spacial score (nSPS) is 13.9.